The van der Waals surface area contributed by atoms with Gasteiger partial charge in [-0.25, -0.2) is 0 Å². The van der Waals surface area contributed by atoms with Crippen LogP contribution < -0.4 is 0 Å². The summed E-state index contributed by atoms with van der Waals surface area (Å²) in [6.45, 7) is 0. The summed E-state index contributed by atoms with van der Waals surface area (Å²) < 4.78 is 0. The van der Waals surface area contributed by atoms with Gasteiger partial charge in [0.25, 0.3) is 0 Å². The van der Waals surface area contributed by atoms with Crippen molar-refractivity contribution in [1.82, 2.24) is 0 Å². The topological polar surface area (TPSA) is 57.5 Å². The van der Waals surface area contributed by atoms with Gasteiger partial charge in [-0.3, -0.25) is 4.79 Å². The number of hydrogen-bond donors (Lipinski definition) is 2. The highest BCUT2D eigenvalue weighted by Crippen LogP contribution is 2.46. The minimum atomic E-state index is -0.687. The maximum absolute atomic E-state index is 11.5. The molecule has 0 heterocycles. The first-order chi connectivity index (χ1) is 7.56. The molecule has 0 atom stereocenters. The van der Waals surface area contributed by atoms with Crippen molar-refractivity contribution in [3.63, 3.8) is 0 Å². The van der Waals surface area contributed by atoms with E-state index in [1.807, 2.05) is 0 Å². The molecule has 0 amide bonds. The van der Waals surface area contributed by atoms with Crippen LogP contribution in [0.4, 0.5) is 0 Å². The molecule has 0 spiro atoms. The number of aliphatic hydroxyl groups is 1. The van der Waals surface area contributed by atoms with Gasteiger partial charge >= 0.3 is 5.97 Å². The van der Waals surface area contributed by atoms with E-state index in [0.717, 1.165) is 57.8 Å². The van der Waals surface area contributed by atoms with Crippen LogP contribution in [0, 0.1) is 5.41 Å². The summed E-state index contributed by atoms with van der Waals surface area (Å²) in [5, 5.41) is 19.8. The Morgan fingerprint density at radius 2 is 1.44 bits per heavy atom. The van der Waals surface area contributed by atoms with Crippen LogP contribution in [0.3, 0.4) is 0 Å². The zero-order valence-electron chi connectivity index (χ0n) is 9.87. The van der Waals surface area contributed by atoms with Crippen LogP contribution in [0.25, 0.3) is 0 Å². The van der Waals surface area contributed by atoms with Crippen LogP contribution in [0.15, 0.2) is 0 Å². The zero-order chi connectivity index (χ0) is 11.6. The van der Waals surface area contributed by atoms with Gasteiger partial charge < -0.3 is 10.2 Å². The third-order valence-corrected chi connectivity index (χ3v) is 4.47. The van der Waals surface area contributed by atoms with Crippen LogP contribution in [-0.2, 0) is 4.79 Å². The Kier molecular flexibility index (Phi) is 3.24. The molecule has 0 aliphatic heterocycles. The SMILES string of the molecule is O=C(O)C1(CC2(O)CCCC2)CCCCC1. The third kappa shape index (κ3) is 2.24. The first-order valence-corrected chi connectivity index (χ1v) is 6.52. The second-order valence-corrected chi connectivity index (χ2v) is 5.75. The van der Waals surface area contributed by atoms with Crippen LogP contribution in [0.2, 0.25) is 0 Å². The number of carboxylic acid groups (broad SMARTS) is 1. The highest BCUT2D eigenvalue weighted by atomic mass is 16.4. The summed E-state index contributed by atoms with van der Waals surface area (Å²) in [7, 11) is 0. The highest BCUT2D eigenvalue weighted by Gasteiger charge is 2.46. The van der Waals surface area contributed by atoms with Crippen molar-refractivity contribution >= 4 is 5.97 Å². The molecule has 2 aliphatic carbocycles. The standard InChI is InChI=1S/C13H22O3/c14-11(15)12(6-2-1-3-7-12)10-13(16)8-4-5-9-13/h16H,1-10H2,(H,14,15). The van der Waals surface area contributed by atoms with Gasteiger partial charge in [-0.1, -0.05) is 32.1 Å². The maximum atomic E-state index is 11.5. The van der Waals surface area contributed by atoms with Crippen molar-refractivity contribution < 1.29 is 15.0 Å². The van der Waals surface area contributed by atoms with E-state index in [2.05, 4.69) is 0 Å². The maximum Gasteiger partial charge on any atom is 0.309 e. The second kappa shape index (κ2) is 4.36. The largest absolute Gasteiger partial charge is 0.481 e. The summed E-state index contributed by atoms with van der Waals surface area (Å²) in [5.41, 5.74) is -1.31. The molecule has 0 aromatic heterocycles. The lowest BCUT2D eigenvalue weighted by Crippen LogP contribution is -2.41. The van der Waals surface area contributed by atoms with Gasteiger partial charge in [0.1, 0.15) is 0 Å². The molecule has 3 heteroatoms. The van der Waals surface area contributed by atoms with E-state index in [4.69, 9.17) is 0 Å². The zero-order valence-corrected chi connectivity index (χ0v) is 9.87. The molecule has 92 valence electrons. The predicted octanol–water partition coefficient (Wildman–Crippen LogP) is 2.72. The fraction of sp³-hybridized carbons (Fsp3) is 0.923. The monoisotopic (exact) mass is 226 g/mol. The molecule has 0 unspecified atom stereocenters. The fourth-order valence-corrected chi connectivity index (χ4v) is 3.53. The molecule has 2 aliphatic rings. The minimum absolute atomic E-state index is 0.481. The lowest BCUT2D eigenvalue weighted by molar-refractivity contribution is -0.156. The van der Waals surface area contributed by atoms with Crippen molar-refractivity contribution in [3.05, 3.63) is 0 Å². The Balaban J connectivity index is 2.10. The summed E-state index contributed by atoms with van der Waals surface area (Å²) in [4.78, 5) is 11.5. The van der Waals surface area contributed by atoms with Gasteiger partial charge in [-0.2, -0.15) is 0 Å². The van der Waals surface area contributed by atoms with Gasteiger partial charge in [0, 0.05) is 0 Å². The van der Waals surface area contributed by atoms with E-state index < -0.39 is 17.0 Å². The lowest BCUT2D eigenvalue weighted by atomic mass is 9.67. The molecule has 0 aromatic rings. The van der Waals surface area contributed by atoms with E-state index in [0.29, 0.717) is 6.42 Å². The number of aliphatic carboxylic acids is 1. The van der Waals surface area contributed by atoms with Gasteiger partial charge in [0.05, 0.1) is 11.0 Å². The number of rotatable bonds is 3. The summed E-state index contributed by atoms with van der Waals surface area (Å²) in [6, 6.07) is 0. The highest BCUT2D eigenvalue weighted by molar-refractivity contribution is 5.74. The summed E-state index contributed by atoms with van der Waals surface area (Å²) in [6.07, 6.45) is 8.82. The lowest BCUT2D eigenvalue weighted by Gasteiger charge is -2.38. The average molecular weight is 226 g/mol. The van der Waals surface area contributed by atoms with Gasteiger partial charge in [0.15, 0.2) is 0 Å². The van der Waals surface area contributed by atoms with Crippen molar-refractivity contribution in [1.29, 1.82) is 0 Å². The minimum Gasteiger partial charge on any atom is -0.481 e. The molecule has 0 aromatic carbocycles. The van der Waals surface area contributed by atoms with Crippen molar-refractivity contribution in [3.8, 4) is 0 Å². The smallest absolute Gasteiger partial charge is 0.309 e. The van der Waals surface area contributed by atoms with Gasteiger partial charge in [-0.15, -0.1) is 0 Å². The quantitative estimate of drug-likeness (QED) is 0.778. The molecule has 2 rings (SSSR count). The number of hydrogen-bond acceptors (Lipinski definition) is 2. The van der Waals surface area contributed by atoms with Crippen LogP contribution in [-0.4, -0.2) is 21.8 Å². The van der Waals surface area contributed by atoms with E-state index in [1.165, 1.54) is 0 Å². The molecular weight excluding hydrogens is 204 g/mol. The third-order valence-electron chi connectivity index (χ3n) is 4.47. The predicted molar refractivity (Wildman–Crippen MR) is 61.2 cm³/mol. The number of carboxylic acids is 1. The Morgan fingerprint density at radius 1 is 0.938 bits per heavy atom. The van der Waals surface area contributed by atoms with E-state index in [1.54, 1.807) is 0 Å². The van der Waals surface area contributed by atoms with E-state index >= 15 is 0 Å². The molecule has 16 heavy (non-hydrogen) atoms. The van der Waals surface area contributed by atoms with Crippen LogP contribution in [0.1, 0.15) is 64.2 Å². The molecule has 0 bridgehead atoms. The van der Waals surface area contributed by atoms with Gasteiger partial charge in [0.2, 0.25) is 0 Å². The Bertz CT molecular complexity index is 260. The van der Waals surface area contributed by atoms with Crippen molar-refractivity contribution in [2.45, 2.75) is 69.8 Å². The molecule has 2 N–H and O–H groups in total. The van der Waals surface area contributed by atoms with Crippen molar-refractivity contribution in [2.24, 2.45) is 5.41 Å². The summed E-state index contributed by atoms with van der Waals surface area (Å²) in [5.74, 6) is -0.687. The van der Waals surface area contributed by atoms with Crippen molar-refractivity contribution in [2.75, 3.05) is 0 Å². The molecule has 0 saturated heterocycles. The summed E-state index contributed by atoms with van der Waals surface area (Å²) >= 11 is 0. The Morgan fingerprint density at radius 3 is 1.94 bits per heavy atom. The van der Waals surface area contributed by atoms with E-state index in [-0.39, 0.29) is 0 Å². The molecule has 3 nitrogen and oxygen atoms in total. The first-order valence-electron chi connectivity index (χ1n) is 6.52. The second-order valence-electron chi connectivity index (χ2n) is 5.75. The van der Waals surface area contributed by atoms with Crippen LogP contribution in [0.5, 0.6) is 0 Å². The Labute approximate surface area is 96.9 Å². The first kappa shape index (κ1) is 11.9. The molecule has 0 radical (unpaired) electrons. The Hall–Kier alpha value is -0.570. The fourth-order valence-electron chi connectivity index (χ4n) is 3.53. The number of carbonyl (C=O) groups is 1. The van der Waals surface area contributed by atoms with Gasteiger partial charge in [-0.05, 0) is 32.1 Å². The normalized spacial score (nSPS) is 27.8. The van der Waals surface area contributed by atoms with Crippen LogP contribution >= 0.6 is 0 Å². The molecule has 2 saturated carbocycles. The van der Waals surface area contributed by atoms with E-state index in [9.17, 15) is 15.0 Å². The average Bonchev–Trinajstić information content (AvgIpc) is 2.66. The molecular formula is C13H22O3. The molecule has 2 fully saturated rings.